The van der Waals surface area contributed by atoms with Crippen molar-refractivity contribution in [1.82, 2.24) is 14.8 Å². The zero-order valence-corrected chi connectivity index (χ0v) is 16.2. The lowest BCUT2D eigenvalue weighted by atomic mass is 10.0. The number of nitrogens with zero attached hydrogens (tertiary/aromatic N) is 3. The van der Waals surface area contributed by atoms with Crippen molar-refractivity contribution in [3.8, 4) is 0 Å². The minimum atomic E-state index is -0.419. The van der Waals surface area contributed by atoms with Crippen LogP contribution in [0, 0.1) is 5.92 Å². The quantitative estimate of drug-likeness (QED) is 0.816. The van der Waals surface area contributed by atoms with Gasteiger partial charge >= 0.3 is 0 Å². The highest BCUT2D eigenvalue weighted by molar-refractivity contribution is 5.98. The predicted octanol–water partition coefficient (Wildman–Crippen LogP) is 2.19. The Balaban J connectivity index is 1.34. The van der Waals surface area contributed by atoms with Gasteiger partial charge < -0.3 is 14.4 Å². The Bertz CT molecular complexity index is 869. The third-order valence-electron chi connectivity index (χ3n) is 6.03. The molecule has 1 amide bonds. The molecule has 0 N–H and O–H groups in total. The lowest BCUT2D eigenvalue weighted by Gasteiger charge is -2.43. The molecule has 0 bridgehead atoms. The number of benzene rings is 1. The molecule has 3 heterocycles. The van der Waals surface area contributed by atoms with Gasteiger partial charge in [0.1, 0.15) is 5.60 Å². The fourth-order valence-corrected chi connectivity index (χ4v) is 4.40. The molecule has 0 radical (unpaired) electrons. The average molecular weight is 381 g/mol. The number of fused-ring (bicyclic) bond motifs is 1. The van der Waals surface area contributed by atoms with Crippen LogP contribution in [0.1, 0.15) is 23.2 Å². The van der Waals surface area contributed by atoms with Crippen molar-refractivity contribution in [2.75, 3.05) is 52.5 Å². The highest BCUT2D eigenvalue weighted by atomic mass is 16.5. The third-order valence-corrected chi connectivity index (χ3v) is 6.03. The summed E-state index contributed by atoms with van der Waals surface area (Å²) in [4.78, 5) is 22.0. The largest absolute Gasteiger partial charge is 0.377 e. The standard InChI is InChI=1S/C22H27N3O3/c26-21(19-5-6-20-18(12-19)2-1-7-23-20)25-9-11-28-22(15-25)14-24(8-10-27-16-22)13-17-3-4-17/h1-2,5-7,12,17H,3-4,8-11,13-16H2. The molecule has 2 aliphatic heterocycles. The van der Waals surface area contributed by atoms with Crippen molar-refractivity contribution < 1.29 is 14.3 Å². The summed E-state index contributed by atoms with van der Waals surface area (Å²) in [5.74, 6) is 0.897. The number of carbonyl (C=O) groups is 1. The first-order valence-electron chi connectivity index (χ1n) is 10.3. The first kappa shape index (κ1) is 18.0. The summed E-state index contributed by atoms with van der Waals surface area (Å²) < 4.78 is 12.1. The Hall–Kier alpha value is -2.02. The van der Waals surface area contributed by atoms with Crippen molar-refractivity contribution in [2.24, 2.45) is 5.92 Å². The van der Waals surface area contributed by atoms with Crippen LogP contribution in [0.2, 0.25) is 0 Å². The van der Waals surface area contributed by atoms with Gasteiger partial charge in [-0.3, -0.25) is 14.7 Å². The Morgan fingerprint density at radius 1 is 1.18 bits per heavy atom. The van der Waals surface area contributed by atoms with Crippen LogP contribution in [0.3, 0.4) is 0 Å². The van der Waals surface area contributed by atoms with Crippen molar-refractivity contribution in [2.45, 2.75) is 18.4 Å². The SMILES string of the molecule is O=C(c1ccc2ncccc2c1)N1CCOC2(COCCN(CC3CC3)C2)C1. The van der Waals surface area contributed by atoms with Crippen LogP contribution in [0.5, 0.6) is 0 Å². The molecular weight excluding hydrogens is 354 g/mol. The van der Waals surface area contributed by atoms with Crippen molar-refractivity contribution in [1.29, 1.82) is 0 Å². The van der Waals surface area contributed by atoms with Gasteiger partial charge in [-0.25, -0.2) is 0 Å². The highest BCUT2D eigenvalue weighted by Gasteiger charge is 2.42. The van der Waals surface area contributed by atoms with Crippen LogP contribution in [0.4, 0.5) is 0 Å². The van der Waals surface area contributed by atoms with Gasteiger partial charge in [-0.15, -0.1) is 0 Å². The van der Waals surface area contributed by atoms with Gasteiger partial charge in [-0.1, -0.05) is 6.07 Å². The Labute approximate surface area is 165 Å². The fraction of sp³-hybridized carbons (Fsp3) is 0.545. The van der Waals surface area contributed by atoms with Gasteiger partial charge in [0.15, 0.2) is 0 Å². The second-order valence-electron chi connectivity index (χ2n) is 8.40. The van der Waals surface area contributed by atoms with Crippen LogP contribution >= 0.6 is 0 Å². The van der Waals surface area contributed by atoms with E-state index >= 15 is 0 Å². The second-order valence-corrected chi connectivity index (χ2v) is 8.40. The molecule has 3 fully saturated rings. The number of morpholine rings is 1. The van der Waals surface area contributed by atoms with Gasteiger partial charge in [-0.05, 0) is 43.0 Å². The molecule has 1 aromatic heterocycles. The molecule has 1 aliphatic carbocycles. The molecule has 5 rings (SSSR count). The maximum Gasteiger partial charge on any atom is 0.254 e. The van der Waals surface area contributed by atoms with E-state index < -0.39 is 5.60 Å². The van der Waals surface area contributed by atoms with E-state index in [1.54, 1.807) is 6.20 Å². The Morgan fingerprint density at radius 3 is 3.00 bits per heavy atom. The summed E-state index contributed by atoms with van der Waals surface area (Å²) in [6, 6.07) is 9.63. The number of pyridine rings is 1. The van der Waals surface area contributed by atoms with E-state index in [1.807, 2.05) is 35.2 Å². The molecule has 2 saturated heterocycles. The molecule has 1 aromatic carbocycles. The topological polar surface area (TPSA) is 54.9 Å². The summed E-state index contributed by atoms with van der Waals surface area (Å²) in [6.45, 7) is 5.97. The molecule has 1 saturated carbocycles. The zero-order valence-electron chi connectivity index (χ0n) is 16.2. The first-order valence-corrected chi connectivity index (χ1v) is 10.3. The molecule has 148 valence electrons. The normalized spacial score (nSPS) is 26.5. The number of amides is 1. The average Bonchev–Trinajstić information content (AvgIpc) is 3.56. The van der Waals surface area contributed by atoms with Crippen LogP contribution in [-0.2, 0) is 9.47 Å². The molecule has 1 spiro atoms. The summed E-state index contributed by atoms with van der Waals surface area (Å²) in [5, 5.41) is 0.990. The molecule has 1 unspecified atom stereocenters. The van der Waals surface area contributed by atoms with Gasteiger partial charge in [0.25, 0.3) is 5.91 Å². The smallest absolute Gasteiger partial charge is 0.254 e. The van der Waals surface area contributed by atoms with Crippen LogP contribution in [0.15, 0.2) is 36.5 Å². The molecule has 6 nitrogen and oxygen atoms in total. The van der Waals surface area contributed by atoms with Gasteiger partial charge in [0.2, 0.25) is 0 Å². The van der Waals surface area contributed by atoms with Crippen LogP contribution in [-0.4, -0.2) is 78.8 Å². The number of hydrogen-bond donors (Lipinski definition) is 0. The van der Waals surface area contributed by atoms with Crippen LogP contribution < -0.4 is 0 Å². The lowest BCUT2D eigenvalue weighted by Crippen LogP contribution is -2.60. The minimum absolute atomic E-state index is 0.0615. The first-order chi connectivity index (χ1) is 13.7. The summed E-state index contributed by atoms with van der Waals surface area (Å²) >= 11 is 0. The van der Waals surface area contributed by atoms with Gasteiger partial charge in [-0.2, -0.15) is 0 Å². The molecule has 3 aliphatic rings. The summed E-state index contributed by atoms with van der Waals surface area (Å²) in [6.07, 6.45) is 4.45. The van der Waals surface area contributed by atoms with Gasteiger partial charge in [0, 0.05) is 43.3 Å². The summed E-state index contributed by atoms with van der Waals surface area (Å²) in [5.41, 5.74) is 1.20. The third kappa shape index (κ3) is 3.77. The zero-order chi connectivity index (χ0) is 19.0. The minimum Gasteiger partial charge on any atom is -0.377 e. The number of ether oxygens (including phenoxy) is 2. The van der Waals surface area contributed by atoms with E-state index in [4.69, 9.17) is 9.47 Å². The van der Waals surface area contributed by atoms with Crippen molar-refractivity contribution in [3.63, 3.8) is 0 Å². The van der Waals surface area contributed by atoms with Crippen molar-refractivity contribution in [3.05, 3.63) is 42.1 Å². The van der Waals surface area contributed by atoms with Crippen LogP contribution in [0.25, 0.3) is 10.9 Å². The molecule has 1 atom stereocenters. The number of aromatic nitrogens is 1. The maximum atomic E-state index is 13.2. The Morgan fingerprint density at radius 2 is 2.11 bits per heavy atom. The maximum absolute atomic E-state index is 13.2. The fourth-order valence-electron chi connectivity index (χ4n) is 4.40. The second kappa shape index (κ2) is 7.43. The van der Waals surface area contributed by atoms with E-state index in [-0.39, 0.29) is 5.91 Å². The van der Waals surface area contributed by atoms with E-state index in [2.05, 4.69) is 9.88 Å². The number of rotatable bonds is 3. The molecule has 2 aromatic rings. The predicted molar refractivity (Wildman–Crippen MR) is 106 cm³/mol. The van der Waals surface area contributed by atoms with E-state index in [0.29, 0.717) is 31.9 Å². The molecule has 6 heteroatoms. The van der Waals surface area contributed by atoms with Gasteiger partial charge in [0.05, 0.1) is 31.9 Å². The monoisotopic (exact) mass is 381 g/mol. The molecular formula is C22H27N3O3. The molecule has 28 heavy (non-hydrogen) atoms. The van der Waals surface area contributed by atoms with E-state index in [1.165, 1.54) is 12.8 Å². The summed E-state index contributed by atoms with van der Waals surface area (Å²) in [7, 11) is 0. The lowest BCUT2D eigenvalue weighted by molar-refractivity contribution is -0.133. The Kier molecular flexibility index (Phi) is 4.78. The van der Waals surface area contributed by atoms with Crippen molar-refractivity contribution >= 4 is 16.8 Å². The number of hydrogen-bond acceptors (Lipinski definition) is 5. The van der Waals surface area contributed by atoms with E-state index in [9.17, 15) is 4.79 Å². The van der Waals surface area contributed by atoms with E-state index in [0.717, 1.165) is 43.1 Å². The highest BCUT2D eigenvalue weighted by Crippen LogP contribution is 2.31. The number of carbonyl (C=O) groups excluding carboxylic acids is 1.